The van der Waals surface area contributed by atoms with Gasteiger partial charge in [0.05, 0.1) is 33.4 Å². The van der Waals surface area contributed by atoms with Crippen LogP contribution in [0, 0.1) is 0 Å². The number of nitrogens with zero attached hydrogens (tertiary/aromatic N) is 4. The summed E-state index contributed by atoms with van der Waals surface area (Å²) in [6.45, 7) is 0. The minimum atomic E-state index is -0.469. The van der Waals surface area contributed by atoms with Gasteiger partial charge in [0.2, 0.25) is 0 Å². The van der Waals surface area contributed by atoms with Crippen LogP contribution in [-0.2, 0) is 5.41 Å². The van der Waals surface area contributed by atoms with E-state index >= 15 is 0 Å². The molecule has 0 spiro atoms. The van der Waals surface area contributed by atoms with Crippen molar-refractivity contribution >= 4 is 21.9 Å². The molecule has 44 heavy (non-hydrogen) atoms. The second-order valence-electron chi connectivity index (χ2n) is 11.2. The van der Waals surface area contributed by atoms with Crippen LogP contribution in [0.25, 0.3) is 50.3 Å². The number of hydrogen-bond donors (Lipinski definition) is 0. The first-order chi connectivity index (χ1) is 21.8. The highest BCUT2D eigenvalue weighted by Gasteiger charge is 2.46. The molecule has 4 aromatic carbocycles. The van der Waals surface area contributed by atoms with Gasteiger partial charge >= 0.3 is 0 Å². The second-order valence-corrected chi connectivity index (χ2v) is 11.2. The van der Waals surface area contributed by atoms with Crippen molar-refractivity contribution in [2.24, 2.45) is 0 Å². The van der Waals surface area contributed by atoms with Gasteiger partial charge in [0.15, 0.2) is 0 Å². The van der Waals surface area contributed by atoms with Crippen LogP contribution in [-0.4, -0.2) is 19.5 Å². The molecule has 1 aliphatic rings. The van der Waals surface area contributed by atoms with E-state index in [1.165, 1.54) is 33.4 Å². The summed E-state index contributed by atoms with van der Waals surface area (Å²) in [4.78, 5) is 14.6. The maximum Gasteiger partial charge on any atom is 0.138 e. The minimum Gasteiger partial charge on any atom is -0.292 e. The lowest BCUT2D eigenvalue weighted by atomic mass is 9.67. The Morgan fingerprint density at radius 1 is 0.477 bits per heavy atom. The molecule has 4 heteroatoms. The lowest BCUT2D eigenvalue weighted by Gasteiger charge is -2.33. The normalized spacial score (nSPS) is 13.2. The van der Waals surface area contributed by atoms with Crippen molar-refractivity contribution in [3.8, 4) is 28.3 Å². The van der Waals surface area contributed by atoms with E-state index in [1.54, 1.807) is 6.20 Å². The fourth-order valence-corrected chi connectivity index (χ4v) is 7.22. The Morgan fingerprint density at radius 3 is 1.95 bits per heavy atom. The first-order valence-electron chi connectivity index (χ1n) is 14.9. The molecule has 0 fully saturated rings. The highest BCUT2D eigenvalue weighted by Crippen LogP contribution is 2.57. The maximum atomic E-state index is 5.12. The van der Waals surface area contributed by atoms with Crippen LogP contribution >= 0.6 is 0 Å². The zero-order valence-electron chi connectivity index (χ0n) is 23.8. The molecule has 9 rings (SSSR count). The van der Waals surface area contributed by atoms with Gasteiger partial charge in [-0.25, -0.2) is 4.98 Å². The third-order valence-electron chi connectivity index (χ3n) is 8.99. The molecular weight excluding hydrogens is 536 g/mol. The van der Waals surface area contributed by atoms with Gasteiger partial charge in [0, 0.05) is 17.8 Å². The molecule has 0 saturated heterocycles. The molecule has 1 aliphatic carbocycles. The predicted molar refractivity (Wildman–Crippen MR) is 177 cm³/mol. The van der Waals surface area contributed by atoms with Crippen molar-refractivity contribution in [1.29, 1.82) is 0 Å². The van der Waals surface area contributed by atoms with E-state index < -0.39 is 5.41 Å². The first kappa shape index (κ1) is 24.7. The van der Waals surface area contributed by atoms with Crippen molar-refractivity contribution in [1.82, 2.24) is 19.5 Å². The lowest BCUT2D eigenvalue weighted by molar-refractivity contribution is 0.769. The van der Waals surface area contributed by atoms with E-state index in [1.807, 2.05) is 36.5 Å². The van der Waals surface area contributed by atoms with Crippen molar-refractivity contribution in [2.45, 2.75) is 5.41 Å². The zero-order valence-corrected chi connectivity index (χ0v) is 23.8. The number of rotatable bonds is 4. The van der Waals surface area contributed by atoms with Gasteiger partial charge in [0.1, 0.15) is 5.82 Å². The Hall–Kier alpha value is -5.87. The summed E-state index contributed by atoms with van der Waals surface area (Å²) in [5.41, 5.74) is 11.8. The Labute approximate surface area is 255 Å². The van der Waals surface area contributed by atoms with Crippen LogP contribution in [0.15, 0.2) is 158 Å². The summed E-state index contributed by atoms with van der Waals surface area (Å²) in [6, 6.07) is 51.6. The van der Waals surface area contributed by atoms with Gasteiger partial charge in [-0.05, 0) is 81.9 Å². The number of hydrogen-bond acceptors (Lipinski definition) is 3. The number of pyridine rings is 3. The molecule has 4 aromatic heterocycles. The second kappa shape index (κ2) is 9.58. The maximum absolute atomic E-state index is 5.12. The van der Waals surface area contributed by atoms with Crippen LogP contribution in [0.1, 0.15) is 22.3 Å². The SMILES string of the molecule is c1ccc(C2(c3ccccc3)c3ccccc3-c3cc4c(cc32)c2ncccc2n4-c2cccc(-c3ccccn3)n2)cc1. The smallest absolute Gasteiger partial charge is 0.138 e. The Balaban J connectivity index is 1.40. The number of benzene rings is 4. The summed E-state index contributed by atoms with van der Waals surface area (Å²) in [7, 11) is 0. The van der Waals surface area contributed by atoms with Crippen molar-refractivity contribution in [3.05, 3.63) is 180 Å². The minimum absolute atomic E-state index is 0.469. The summed E-state index contributed by atoms with van der Waals surface area (Å²) in [5.74, 6) is 0.838. The Bertz CT molecular complexity index is 2280. The van der Waals surface area contributed by atoms with Crippen LogP contribution in [0.2, 0.25) is 0 Å². The molecule has 0 unspecified atom stereocenters. The number of fused-ring (bicyclic) bond motifs is 6. The highest BCUT2D eigenvalue weighted by molar-refractivity contribution is 6.10. The molecule has 0 aliphatic heterocycles. The van der Waals surface area contributed by atoms with Gasteiger partial charge < -0.3 is 0 Å². The molecule has 8 aromatic rings. The largest absolute Gasteiger partial charge is 0.292 e. The van der Waals surface area contributed by atoms with E-state index in [0.717, 1.165) is 39.1 Å². The fraction of sp³-hybridized carbons (Fsp3) is 0.0250. The van der Waals surface area contributed by atoms with Crippen molar-refractivity contribution in [3.63, 3.8) is 0 Å². The van der Waals surface area contributed by atoms with Crippen LogP contribution in [0.5, 0.6) is 0 Å². The monoisotopic (exact) mass is 562 g/mol. The van der Waals surface area contributed by atoms with Crippen LogP contribution < -0.4 is 0 Å². The van der Waals surface area contributed by atoms with E-state index in [4.69, 9.17) is 9.97 Å². The molecule has 0 N–H and O–H groups in total. The summed E-state index contributed by atoms with van der Waals surface area (Å²) >= 11 is 0. The van der Waals surface area contributed by atoms with Crippen molar-refractivity contribution in [2.75, 3.05) is 0 Å². The van der Waals surface area contributed by atoms with Gasteiger partial charge in [0.25, 0.3) is 0 Å². The zero-order chi connectivity index (χ0) is 29.1. The quantitative estimate of drug-likeness (QED) is 0.215. The van der Waals surface area contributed by atoms with E-state index in [-0.39, 0.29) is 0 Å². The molecule has 0 atom stereocenters. The number of aromatic nitrogens is 4. The van der Waals surface area contributed by atoms with E-state index in [9.17, 15) is 0 Å². The molecule has 0 bridgehead atoms. The van der Waals surface area contributed by atoms with Crippen LogP contribution in [0.4, 0.5) is 0 Å². The molecule has 206 valence electrons. The molecule has 0 saturated carbocycles. The van der Waals surface area contributed by atoms with E-state index in [2.05, 4.69) is 125 Å². The standard InChI is InChI=1S/C40H26N4/c1-3-13-27(14-4-1)40(28-15-5-2-6-16-28)32-18-8-7-17-29(32)30-26-37-31(25-33(30)40)39-36(21-12-24-42-39)44(37)38-22-11-20-35(43-38)34-19-9-10-23-41-34/h1-26H. The van der Waals surface area contributed by atoms with Crippen molar-refractivity contribution < 1.29 is 0 Å². The highest BCUT2D eigenvalue weighted by atomic mass is 15.1. The van der Waals surface area contributed by atoms with Crippen LogP contribution in [0.3, 0.4) is 0 Å². The van der Waals surface area contributed by atoms with E-state index in [0.29, 0.717) is 0 Å². The van der Waals surface area contributed by atoms with Gasteiger partial charge in [-0.1, -0.05) is 97.1 Å². The Kier molecular flexibility index (Phi) is 5.38. The summed E-state index contributed by atoms with van der Waals surface area (Å²) in [6.07, 6.45) is 3.69. The molecular formula is C40H26N4. The molecule has 4 nitrogen and oxygen atoms in total. The average molecular weight is 563 g/mol. The first-order valence-corrected chi connectivity index (χ1v) is 14.9. The van der Waals surface area contributed by atoms with Gasteiger partial charge in [-0.3, -0.25) is 14.5 Å². The third kappa shape index (κ3) is 3.42. The Morgan fingerprint density at radius 2 is 1.18 bits per heavy atom. The fourth-order valence-electron chi connectivity index (χ4n) is 7.22. The topological polar surface area (TPSA) is 43.6 Å². The summed E-state index contributed by atoms with van der Waals surface area (Å²) < 4.78 is 2.25. The predicted octanol–water partition coefficient (Wildman–Crippen LogP) is 9.00. The molecule has 4 heterocycles. The van der Waals surface area contributed by atoms with Gasteiger partial charge in [-0.15, -0.1) is 0 Å². The summed E-state index contributed by atoms with van der Waals surface area (Å²) in [5, 5.41) is 1.11. The van der Waals surface area contributed by atoms with Gasteiger partial charge in [-0.2, -0.15) is 0 Å². The third-order valence-corrected chi connectivity index (χ3v) is 8.99. The average Bonchev–Trinajstić information content (AvgIpc) is 3.59. The lowest BCUT2D eigenvalue weighted by Crippen LogP contribution is -2.28. The molecule has 0 amide bonds. The molecule has 0 radical (unpaired) electrons.